The molecule has 17 heavy (non-hydrogen) atoms. The van der Waals surface area contributed by atoms with Crippen molar-refractivity contribution in [1.29, 1.82) is 0 Å². The molecular weight excluding hydrogens is 238 g/mol. The number of esters is 1. The highest BCUT2D eigenvalue weighted by molar-refractivity contribution is 7.09. The number of hydrogen-bond acceptors (Lipinski definition) is 5. The van der Waals surface area contributed by atoms with Gasteiger partial charge in [0.1, 0.15) is 0 Å². The van der Waals surface area contributed by atoms with E-state index in [9.17, 15) is 9.59 Å². The lowest BCUT2D eigenvalue weighted by Gasteiger charge is -2.20. The summed E-state index contributed by atoms with van der Waals surface area (Å²) in [6.07, 6.45) is 5.24. The van der Waals surface area contributed by atoms with Gasteiger partial charge in [-0.2, -0.15) is 0 Å². The number of carbonyl (C=O) groups excluding carboxylic acids is 2. The van der Waals surface area contributed by atoms with Crippen molar-refractivity contribution in [3.63, 3.8) is 0 Å². The Labute approximate surface area is 104 Å². The van der Waals surface area contributed by atoms with Crippen LogP contribution in [0.5, 0.6) is 0 Å². The van der Waals surface area contributed by atoms with Gasteiger partial charge in [0.25, 0.3) is 0 Å². The molecule has 1 aromatic heterocycles. The van der Waals surface area contributed by atoms with Crippen molar-refractivity contribution in [2.45, 2.75) is 44.6 Å². The molecule has 1 aromatic rings. The molecule has 0 bridgehead atoms. The van der Waals surface area contributed by atoms with E-state index in [-0.39, 0.29) is 11.8 Å². The second kappa shape index (κ2) is 5.91. The van der Waals surface area contributed by atoms with Crippen LogP contribution in [0.2, 0.25) is 0 Å². The van der Waals surface area contributed by atoms with Gasteiger partial charge in [-0.3, -0.25) is 9.59 Å². The minimum atomic E-state index is -0.493. The SMILES string of the molecule is O=C(CCc1nccs1)OC1CCCCC1=O. The Hall–Kier alpha value is -1.23. The van der Waals surface area contributed by atoms with Crippen LogP contribution in [0.15, 0.2) is 11.6 Å². The number of hydrogen-bond donors (Lipinski definition) is 0. The normalized spacial score (nSPS) is 20.2. The number of carbonyl (C=O) groups is 2. The Morgan fingerprint density at radius 1 is 1.53 bits per heavy atom. The number of nitrogens with zero attached hydrogens (tertiary/aromatic N) is 1. The highest BCUT2D eigenvalue weighted by Gasteiger charge is 2.25. The quantitative estimate of drug-likeness (QED) is 0.771. The largest absolute Gasteiger partial charge is 0.454 e. The van der Waals surface area contributed by atoms with E-state index in [1.165, 1.54) is 11.3 Å². The molecule has 1 atom stereocenters. The Balaban J connectivity index is 1.75. The standard InChI is InChI=1S/C12H15NO3S/c14-9-3-1-2-4-10(9)16-12(15)6-5-11-13-7-8-17-11/h7-8,10H,1-6H2. The molecule has 0 saturated heterocycles. The maximum absolute atomic E-state index is 11.6. The fraction of sp³-hybridized carbons (Fsp3) is 0.583. The first-order valence-corrected chi connectivity index (χ1v) is 6.74. The average Bonchev–Trinajstić information content (AvgIpc) is 2.82. The van der Waals surface area contributed by atoms with Gasteiger partial charge in [-0.15, -0.1) is 11.3 Å². The lowest BCUT2D eigenvalue weighted by molar-refractivity contribution is -0.156. The fourth-order valence-electron chi connectivity index (χ4n) is 1.88. The molecule has 1 unspecified atom stereocenters. The van der Waals surface area contributed by atoms with Crippen molar-refractivity contribution in [3.05, 3.63) is 16.6 Å². The van der Waals surface area contributed by atoms with Gasteiger partial charge < -0.3 is 4.74 Å². The molecule has 5 heteroatoms. The molecule has 0 amide bonds. The van der Waals surface area contributed by atoms with Crippen molar-refractivity contribution in [3.8, 4) is 0 Å². The average molecular weight is 253 g/mol. The molecule has 1 heterocycles. The lowest BCUT2D eigenvalue weighted by atomic mass is 9.96. The van der Waals surface area contributed by atoms with E-state index in [1.54, 1.807) is 6.20 Å². The Bertz CT molecular complexity index is 388. The van der Waals surface area contributed by atoms with Gasteiger partial charge in [0.05, 0.1) is 11.4 Å². The minimum absolute atomic E-state index is 0.0684. The molecule has 2 rings (SSSR count). The number of ketones is 1. The van der Waals surface area contributed by atoms with Crippen LogP contribution in [0.4, 0.5) is 0 Å². The fourth-order valence-corrected chi connectivity index (χ4v) is 2.50. The third kappa shape index (κ3) is 3.63. The summed E-state index contributed by atoms with van der Waals surface area (Å²) in [5.74, 6) is -0.223. The van der Waals surface area contributed by atoms with Crippen molar-refractivity contribution in [2.75, 3.05) is 0 Å². The Kier molecular flexibility index (Phi) is 4.25. The Morgan fingerprint density at radius 2 is 2.41 bits per heavy atom. The molecule has 92 valence electrons. The van der Waals surface area contributed by atoms with Crippen LogP contribution in [0, 0.1) is 0 Å². The van der Waals surface area contributed by atoms with E-state index in [0.717, 1.165) is 17.8 Å². The molecule has 4 nitrogen and oxygen atoms in total. The van der Waals surface area contributed by atoms with E-state index in [0.29, 0.717) is 25.7 Å². The van der Waals surface area contributed by atoms with Gasteiger partial charge in [-0.05, 0) is 19.3 Å². The van der Waals surface area contributed by atoms with Gasteiger partial charge in [-0.1, -0.05) is 0 Å². The zero-order valence-corrected chi connectivity index (χ0v) is 10.4. The van der Waals surface area contributed by atoms with Crippen LogP contribution in [-0.4, -0.2) is 22.8 Å². The summed E-state index contributed by atoms with van der Waals surface area (Å²) >= 11 is 1.53. The van der Waals surface area contributed by atoms with E-state index < -0.39 is 6.10 Å². The predicted molar refractivity (Wildman–Crippen MR) is 63.8 cm³/mol. The zero-order valence-electron chi connectivity index (χ0n) is 9.55. The monoisotopic (exact) mass is 253 g/mol. The number of aromatic nitrogens is 1. The maximum atomic E-state index is 11.6. The molecule has 1 fully saturated rings. The van der Waals surface area contributed by atoms with Crippen molar-refractivity contribution in [1.82, 2.24) is 4.98 Å². The minimum Gasteiger partial charge on any atom is -0.454 e. The number of aryl methyl sites for hydroxylation is 1. The van der Waals surface area contributed by atoms with Gasteiger partial charge in [0.2, 0.25) is 0 Å². The predicted octanol–water partition coefficient (Wildman–Crippen LogP) is 2.13. The second-order valence-electron chi connectivity index (χ2n) is 4.12. The molecule has 0 radical (unpaired) electrons. The maximum Gasteiger partial charge on any atom is 0.306 e. The van der Waals surface area contributed by atoms with Crippen LogP contribution in [0.1, 0.15) is 37.1 Å². The molecule has 0 spiro atoms. The molecule has 0 N–H and O–H groups in total. The summed E-state index contributed by atoms with van der Waals surface area (Å²) < 4.78 is 5.19. The summed E-state index contributed by atoms with van der Waals surface area (Å²) in [5, 5.41) is 2.81. The third-order valence-electron chi connectivity index (χ3n) is 2.80. The van der Waals surface area contributed by atoms with Crippen LogP contribution in [0.3, 0.4) is 0 Å². The molecule has 1 saturated carbocycles. The number of thiazole rings is 1. The summed E-state index contributed by atoms with van der Waals surface area (Å²) in [7, 11) is 0. The van der Waals surface area contributed by atoms with Gasteiger partial charge in [-0.25, -0.2) is 4.98 Å². The van der Waals surface area contributed by atoms with Gasteiger partial charge in [0.15, 0.2) is 11.9 Å². The van der Waals surface area contributed by atoms with Gasteiger partial charge >= 0.3 is 5.97 Å². The third-order valence-corrected chi connectivity index (χ3v) is 3.64. The molecule has 0 aromatic carbocycles. The molecule has 1 aliphatic rings. The van der Waals surface area contributed by atoms with Crippen LogP contribution >= 0.6 is 11.3 Å². The molecular formula is C12H15NO3S. The molecule has 1 aliphatic carbocycles. The van der Waals surface area contributed by atoms with Crippen LogP contribution in [0.25, 0.3) is 0 Å². The summed E-state index contributed by atoms with van der Waals surface area (Å²) in [4.78, 5) is 27.1. The molecule has 0 aliphatic heterocycles. The number of rotatable bonds is 4. The zero-order chi connectivity index (χ0) is 12.1. The first-order valence-electron chi connectivity index (χ1n) is 5.86. The van der Waals surface area contributed by atoms with E-state index in [2.05, 4.69) is 4.98 Å². The lowest BCUT2D eigenvalue weighted by Crippen LogP contribution is -2.30. The van der Waals surface area contributed by atoms with E-state index in [1.807, 2.05) is 5.38 Å². The first-order chi connectivity index (χ1) is 8.25. The summed E-state index contributed by atoms with van der Waals surface area (Å²) in [6, 6.07) is 0. The van der Waals surface area contributed by atoms with E-state index >= 15 is 0 Å². The van der Waals surface area contributed by atoms with Crippen LogP contribution < -0.4 is 0 Å². The highest BCUT2D eigenvalue weighted by atomic mass is 32.1. The topological polar surface area (TPSA) is 56.3 Å². The Morgan fingerprint density at radius 3 is 3.12 bits per heavy atom. The first kappa shape index (κ1) is 12.2. The van der Waals surface area contributed by atoms with Crippen molar-refractivity contribution >= 4 is 23.1 Å². The summed E-state index contributed by atoms with van der Waals surface area (Å²) in [6.45, 7) is 0. The summed E-state index contributed by atoms with van der Waals surface area (Å²) in [5.41, 5.74) is 0. The van der Waals surface area contributed by atoms with Crippen molar-refractivity contribution in [2.24, 2.45) is 0 Å². The second-order valence-corrected chi connectivity index (χ2v) is 5.10. The number of ether oxygens (including phenoxy) is 1. The van der Waals surface area contributed by atoms with Crippen LogP contribution in [-0.2, 0) is 20.7 Å². The highest BCUT2D eigenvalue weighted by Crippen LogP contribution is 2.18. The smallest absolute Gasteiger partial charge is 0.306 e. The van der Waals surface area contributed by atoms with Crippen molar-refractivity contribution < 1.29 is 14.3 Å². The number of Topliss-reactive ketones (excluding diaryl/α,β-unsaturated/α-hetero) is 1. The van der Waals surface area contributed by atoms with E-state index in [4.69, 9.17) is 4.74 Å². The van der Waals surface area contributed by atoms with Gasteiger partial charge in [0, 0.05) is 24.4 Å².